The lowest BCUT2D eigenvalue weighted by Gasteiger charge is -2.42. The van der Waals surface area contributed by atoms with Crippen molar-refractivity contribution in [3.8, 4) is 0 Å². The second-order valence-electron chi connectivity index (χ2n) is 5.26. The lowest BCUT2D eigenvalue weighted by molar-refractivity contribution is -0.130. The standard InChI is InChI=1S/C15H24N4O/c1-3-12(16)14(11-6-5-7-17-10-11)19-9-8-18-15(20)13(19)4-2/h5-7,10,12-14H,3-4,8-9,16H2,1-2H3,(H,18,20). The molecule has 1 aliphatic heterocycles. The van der Waals surface area contributed by atoms with Gasteiger partial charge in [0.1, 0.15) is 0 Å². The maximum Gasteiger partial charge on any atom is 0.237 e. The molecule has 0 radical (unpaired) electrons. The third-order valence-electron chi connectivity index (χ3n) is 4.02. The van der Waals surface area contributed by atoms with Crippen LogP contribution < -0.4 is 11.1 Å². The average molecular weight is 276 g/mol. The fourth-order valence-electron chi connectivity index (χ4n) is 2.94. The van der Waals surface area contributed by atoms with Crippen molar-refractivity contribution < 1.29 is 4.79 Å². The van der Waals surface area contributed by atoms with Crippen molar-refractivity contribution in [3.63, 3.8) is 0 Å². The second-order valence-corrected chi connectivity index (χ2v) is 5.26. The van der Waals surface area contributed by atoms with E-state index in [4.69, 9.17) is 5.73 Å². The predicted molar refractivity (Wildman–Crippen MR) is 79.0 cm³/mol. The third kappa shape index (κ3) is 2.99. The Morgan fingerprint density at radius 3 is 2.95 bits per heavy atom. The number of carbonyl (C=O) groups is 1. The summed E-state index contributed by atoms with van der Waals surface area (Å²) < 4.78 is 0. The fraction of sp³-hybridized carbons (Fsp3) is 0.600. The van der Waals surface area contributed by atoms with Crippen molar-refractivity contribution in [1.29, 1.82) is 0 Å². The van der Waals surface area contributed by atoms with Crippen LogP contribution in [0.25, 0.3) is 0 Å². The number of nitrogens with one attached hydrogen (secondary N) is 1. The molecule has 1 aromatic heterocycles. The quantitative estimate of drug-likeness (QED) is 0.844. The molecule has 2 rings (SSSR count). The van der Waals surface area contributed by atoms with Crippen molar-refractivity contribution in [2.24, 2.45) is 5.73 Å². The van der Waals surface area contributed by atoms with E-state index >= 15 is 0 Å². The number of piperazine rings is 1. The van der Waals surface area contributed by atoms with Gasteiger partial charge in [-0.1, -0.05) is 19.9 Å². The van der Waals surface area contributed by atoms with Gasteiger partial charge in [-0.15, -0.1) is 0 Å². The zero-order chi connectivity index (χ0) is 14.5. The molecule has 0 aromatic carbocycles. The Hall–Kier alpha value is -1.46. The first kappa shape index (κ1) is 14.9. The number of amides is 1. The number of carbonyl (C=O) groups excluding carboxylic acids is 1. The van der Waals surface area contributed by atoms with Gasteiger partial charge in [-0.3, -0.25) is 14.7 Å². The Bertz CT molecular complexity index is 437. The lowest BCUT2D eigenvalue weighted by atomic mass is 9.94. The van der Waals surface area contributed by atoms with Crippen LogP contribution in [0.15, 0.2) is 24.5 Å². The highest BCUT2D eigenvalue weighted by Gasteiger charge is 2.36. The molecule has 5 nitrogen and oxygen atoms in total. The van der Waals surface area contributed by atoms with E-state index in [9.17, 15) is 4.79 Å². The normalized spacial score (nSPS) is 23.1. The van der Waals surface area contributed by atoms with Gasteiger partial charge in [0.15, 0.2) is 0 Å². The number of nitrogens with two attached hydrogens (primary N) is 1. The summed E-state index contributed by atoms with van der Waals surface area (Å²) in [6, 6.07) is 3.91. The van der Waals surface area contributed by atoms with Crippen LogP contribution in [0.1, 0.15) is 38.3 Å². The number of pyridine rings is 1. The Morgan fingerprint density at radius 1 is 1.55 bits per heavy atom. The summed E-state index contributed by atoms with van der Waals surface area (Å²) in [7, 11) is 0. The number of nitrogens with zero attached hydrogens (tertiary/aromatic N) is 2. The smallest absolute Gasteiger partial charge is 0.237 e. The van der Waals surface area contributed by atoms with Crippen LogP contribution >= 0.6 is 0 Å². The summed E-state index contributed by atoms with van der Waals surface area (Å²) in [6.07, 6.45) is 5.28. The minimum Gasteiger partial charge on any atom is -0.353 e. The van der Waals surface area contributed by atoms with E-state index in [2.05, 4.69) is 22.1 Å². The highest BCUT2D eigenvalue weighted by Crippen LogP contribution is 2.28. The molecule has 1 fully saturated rings. The highest BCUT2D eigenvalue weighted by atomic mass is 16.2. The molecule has 110 valence electrons. The van der Waals surface area contributed by atoms with Crippen LogP contribution in [0.3, 0.4) is 0 Å². The summed E-state index contributed by atoms with van der Waals surface area (Å²) in [5.74, 6) is 0.107. The maximum atomic E-state index is 12.1. The Labute approximate surface area is 120 Å². The lowest BCUT2D eigenvalue weighted by Crippen LogP contribution is -2.58. The van der Waals surface area contributed by atoms with E-state index < -0.39 is 0 Å². The highest BCUT2D eigenvalue weighted by molar-refractivity contribution is 5.82. The largest absolute Gasteiger partial charge is 0.353 e. The zero-order valence-electron chi connectivity index (χ0n) is 12.2. The van der Waals surface area contributed by atoms with Crippen molar-refractivity contribution in [1.82, 2.24) is 15.2 Å². The Kier molecular flexibility index (Phi) is 5.09. The molecular formula is C15H24N4O. The molecule has 3 N–H and O–H groups in total. The molecule has 20 heavy (non-hydrogen) atoms. The molecule has 3 atom stereocenters. The Balaban J connectivity index is 2.33. The molecule has 1 saturated heterocycles. The van der Waals surface area contributed by atoms with Crippen LogP contribution in [0.4, 0.5) is 0 Å². The fourth-order valence-corrected chi connectivity index (χ4v) is 2.94. The number of aromatic nitrogens is 1. The zero-order valence-corrected chi connectivity index (χ0v) is 12.2. The van der Waals surface area contributed by atoms with Gasteiger partial charge in [-0.2, -0.15) is 0 Å². The number of hydrogen-bond donors (Lipinski definition) is 2. The van der Waals surface area contributed by atoms with Crippen LogP contribution in [0.5, 0.6) is 0 Å². The van der Waals surface area contributed by atoms with Crippen LogP contribution in [-0.4, -0.2) is 41.0 Å². The summed E-state index contributed by atoms with van der Waals surface area (Å²) >= 11 is 0. The van der Waals surface area contributed by atoms with Gasteiger partial charge in [0.2, 0.25) is 5.91 Å². The van der Waals surface area contributed by atoms with E-state index in [-0.39, 0.29) is 24.0 Å². The van der Waals surface area contributed by atoms with E-state index in [1.54, 1.807) is 6.20 Å². The summed E-state index contributed by atoms with van der Waals surface area (Å²) in [5, 5.41) is 2.94. The summed E-state index contributed by atoms with van der Waals surface area (Å²) in [5.41, 5.74) is 7.43. The van der Waals surface area contributed by atoms with Gasteiger partial charge in [0.05, 0.1) is 12.1 Å². The van der Waals surface area contributed by atoms with Crippen LogP contribution in [0, 0.1) is 0 Å². The first-order valence-corrected chi connectivity index (χ1v) is 7.38. The molecule has 0 bridgehead atoms. The van der Waals surface area contributed by atoms with E-state index in [0.717, 1.165) is 24.9 Å². The van der Waals surface area contributed by atoms with Gasteiger partial charge in [-0.05, 0) is 24.5 Å². The second kappa shape index (κ2) is 6.81. The van der Waals surface area contributed by atoms with Gasteiger partial charge in [0, 0.05) is 31.5 Å². The SMILES string of the molecule is CCC(N)C(c1cccnc1)N1CCNC(=O)C1CC. The number of rotatable bonds is 5. The molecule has 0 spiro atoms. The van der Waals surface area contributed by atoms with Crippen molar-refractivity contribution in [2.75, 3.05) is 13.1 Å². The summed E-state index contributed by atoms with van der Waals surface area (Å²) in [4.78, 5) is 18.5. The topological polar surface area (TPSA) is 71.2 Å². The summed E-state index contributed by atoms with van der Waals surface area (Å²) in [6.45, 7) is 5.64. The maximum absolute atomic E-state index is 12.1. The third-order valence-corrected chi connectivity index (χ3v) is 4.02. The van der Waals surface area contributed by atoms with Crippen molar-refractivity contribution >= 4 is 5.91 Å². The molecule has 1 amide bonds. The molecule has 2 heterocycles. The molecule has 1 aromatic rings. The molecule has 5 heteroatoms. The van der Waals surface area contributed by atoms with Gasteiger partial charge in [0.25, 0.3) is 0 Å². The number of hydrogen-bond acceptors (Lipinski definition) is 4. The first-order chi connectivity index (χ1) is 9.69. The van der Waals surface area contributed by atoms with Crippen LogP contribution in [0.2, 0.25) is 0 Å². The molecule has 0 saturated carbocycles. The van der Waals surface area contributed by atoms with Crippen molar-refractivity contribution in [2.45, 2.75) is 44.8 Å². The molecule has 1 aliphatic rings. The first-order valence-electron chi connectivity index (χ1n) is 7.38. The van der Waals surface area contributed by atoms with Gasteiger partial charge < -0.3 is 11.1 Å². The van der Waals surface area contributed by atoms with Crippen LogP contribution in [-0.2, 0) is 4.79 Å². The Morgan fingerprint density at radius 2 is 2.35 bits per heavy atom. The van der Waals surface area contributed by atoms with E-state index in [0.29, 0.717) is 6.54 Å². The minimum absolute atomic E-state index is 0.000787. The van der Waals surface area contributed by atoms with E-state index in [1.165, 1.54) is 0 Å². The van der Waals surface area contributed by atoms with Gasteiger partial charge in [-0.25, -0.2) is 0 Å². The average Bonchev–Trinajstić information content (AvgIpc) is 2.48. The minimum atomic E-state index is -0.105. The molecular weight excluding hydrogens is 252 g/mol. The molecule has 0 aliphatic carbocycles. The van der Waals surface area contributed by atoms with Gasteiger partial charge >= 0.3 is 0 Å². The van der Waals surface area contributed by atoms with Crippen molar-refractivity contribution in [3.05, 3.63) is 30.1 Å². The predicted octanol–water partition coefficient (Wildman–Crippen LogP) is 1.07. The molecule has 3 unspecified atom stereocenters. The monoisotopic (exact) mass is 276 g/mol. The van der Waals surface area contributed by atoms with E-state index in [1.807, 2.05) is 25.3 Å².